The van der Waals surface area contributed by atoms with E-state index in [1.54, 1.807) is 18.2 Å². The zero-order chi connectivity index (χ0) is 18.5. The zero-order valence-electron chi connectivity index (χ0n) is 14.0. The largest absolute Gasteiger partial charge is 0.495 e. The van der Waals surface area contributed by atoms with Gasteiger partial charge in [-0.2, -0.15) is 0 Å². The van der Waals surface area contributed by atoms with Gasteiger partial charge in [-0.05, 0) is 18.2 Å². The summed E-state index contributed by atoms with van der Waals surface area (Å²) >= 11 is 6.03. The lowest BCUT2D eigenvalue weighted by atomic mass is 10.1. The molecule has 0 saturated heterocycles. The maximum atomic E-state index is 12.2. The van der Waals surface area contributed by atoms with Crippen LogP contribution in [0.5, 0.6) is 5.75 Å². The number of ether oxygens (including phenoxy) is 1. The van der Waals surface area contributed by atoms with Gasteiger partial charge in [-0.1, -0.05) is 41.9 Å². The molecule has 0 aliphatic rings. The number of halogens is 1. The van der Waals surface area contributed by atoms with Crippen LogP contribution in [0.1, 0.15) is 0 Å². The van der Waals surface area contributed by atoms with E-state index in [1.165, 1.54) is 24.1 Å². The molecule has 0 atom stereocenters. The van der Waals surface area contributed by atoms with Crippen LogP contribution in [0.4, 0.5) is 5.69 Å². The van der Waals surface area contributed by atoms with Crippen molar-refractivity contribution in [3.05, 3.63) is 76.3 Å². The Morgan fingerprint density at radius 2 is 1.96 bits per heavy atom. The van der Waals surface area contributed by atoms with Crippen LogP contribution >= 0.6 is 11.6 Å². The summed E-state index contributed by atoms with van der Waals surface area (Å²) in [4.78, 5) is 28.7. The number of amides is 1. The SMILES string of the molecule is COc1ccc(NC(=O)Cn2cnc(-c3ccccc3)cc2=O)cc1Cl. The molecule has 0 spiro atoms. The van der Waals surface area contributed by atoms with Crippen molar-refractivity contribution in [2.24, 2.45) is 0 Å². The molecule has 1 heterocycles. The Kier molecular flexibility index (Phi) is 5.34. The van der Waals surface area contributed by atoms with Crippen LogP contribution < -0.4 is 15.6 Å². The second-order valence-corrected chi connectivity index (χ2v) is 5.91. The van der Waals surface area contributed by atoms with Crippen molar-refractivity contribution >= 4 is 23.2 Å². The summed E-state index contributed by atoms with van der Waals surface area (Å²) in [5.74, 6) is 0.157. The molecule has 132 valence electrons. The molecule has 1 aromatic heterocycles. The zero-order valence-corrected chi connectivity index (χ0v) is 14.7. The van der Waals surface area contributed by atoms with Gasteiger partial charge in [0.2, 0.25) is 5.91 Å². The lowest BCUT2D eigenvalue weighted by Crippen LogP contribution is -2.27. The molecule has 0 radical (unpaired) electrons. The van der Waals surface area contributed by atoms with Crippen molar-refractivity contribution in [2.75, 3.05) is 12.4 Å². The first-order valence-electron chi connectivity index (χ1n) is 7.82. The van der Waals surface area contributed by atoms with E-state index in [0.717, 1.165) is 5.56 Å². The third-order valence-electron chi connectivity index (χ3n) is 3.70. The number of nitrogens with one attached hydrogen (secondary N) is 1. The monoisotopic (exact) mass is 369 g/mol. The molecular weight excluding hydrogens is 354 g/mol. The lowest BCUT2D eigenvalue weighted by Gasteiger charge is -2.09. The van der Waals surface area contributed by atoms with Gasteiger partial charge in [0.15, 0.2) is 0 Å². The minimum Gasteiger partial charge on any atom is -0.495 e. The van der Waals surface area contributed by atoms with Gasteiger partial charge < -0.3 is 10.1 Å². The summed E-state index contributed by atoms with van der Waals surface area (Å²) in [6, 6.07) is 15.7. The van der Waals surface area contributed by atoms with Crippen LogP contribution in [0, 0.1) is 0 Å². The highest BCUT2D eigenvalue weighted by molar-refractivity contribution is 6.32. The topological polar surface area (TPSA) is 73.2 Å². The van der Waals surface area contributed by atoms with Crippen LogP contribution in [-0.4, -0.2) is 22.6 Å². The quantitative estimate of drug-likeness (QED) is 0.749. The average molecular weight is 370 g/mol. The first kappa shape index (κ1) is 17.7. The van der Waals surface area contributed by atoms with E-state index in [4.69, 9.17) is 16.3 Å². The first-order chi connectivity index (χ1) is 12.6. The molecule has 1 amide bonds. The average Bonchev–Trinajstić information content (AvgIpc) is 2.64. The highest BCUT2D eigenvalue weighted by Gasteiger charge is 2.09. The molecule has 3 aromatic rings. The summed E-state index contributed by atoms with van der Waals surface area (Å²) in [5.41, 5.74) is 1.62. The van der Waals surface area contributed by atoms with Gasteiger partial charge in [-0.15, -0.1) is 0 Å². The van der Waals surface area contributed by atoms with E-state index in [0.29, 0.717) is 22.2 Å². The van der Waals surface area contributed by atoms with Crippen molar-refractivity contribution < 1.29 is 9.53 Å². The molecule has 0 aliphatic heterocycles. The number of hydrogen-bond acceptors (Lipinski definition) is 4. The Balaban J connectivity index is 1.71. The Morgan fingerprint density at radius 3 is 2.62 bits per heavy atom. The third-order valence-corrected chi connectivity index (χ3v) is 3.99. The van der Waals surface area contributed by atoms with E-state index in [2.05, 4.69) is 10.3 Å². The van der Waals surface area contributed by atoms with Gasteiger partial charge in [0.25, 0.3) is 5.56 Å². The van der Waals surface area contributed by atoms with Crippen molar-refractivity contribution in [3.8, 4) is 17.0 Å². The number of aromatic nitrogens is 2. The van der Waals surface area contributed by atoms with Crippen LogP contribution in [0.25, 0.3) is 11.3 Å². The molecule has 0 saturated carbocycles. The number of methoxy groups -OCH3 is 1. The van der Waals surface area contributed by atoms with Gasteiger partial charge in [0.05, 0.1) is 24.2 Å². The molecule has 26 heavy (non-hydrogen) atoms. The normalized spacial score (nSPS) is 10.4. The third kappa shape index (κ3) is 4.10. The van der Waals surface area contributed by atoms with E-state index >= 15 is 0 Å². The fraction of sp³-hybridized carbons (Fsp3) is 0.105. The molecule has 0 bridgehead atoms. The number of benzene rings is 2. The molecular formula is C19H16ClN3O3. The van der Waals surface area contributed by atoms with Gasteiger partial charge in [-0.25, -0.2) is 4.98 Å². The number of nitrogens with zero attached hydrogens (tertiary/aromatic N) is 2. The molecule has 2 aromatic carbocycles. The predicted octanol–water partition coefficient (Wildman–Crippen LogP) is 3.21. The van der Waals surface area contributed by atoms with E-state index in [1.807, 2.05) is 30.3 Å². The maximum Gasteiger partial charge on any atom is 0.254 e. The molecule has 6 nitrogen and oxygen atoms in total. The minimum absolute atomic E-state index is 0.148. The summed E-state index contributed by atoms with van der Waals surface area (Å²) < 4.78 is 6.31. The van der Waals surface area contributed by atoms with E-state index in [-0.39, 0.29) is 18.0 Å². The number of carbonyl (C=O) groups excluding carboxylic acids is 1. The Labute approximate surface area is 155 Å². The molecule has 0 fully saturated rings. The Bertz CT molecular complexity index is 987. The molecule has 0 unspecified atom stereocenters. The fourth-order valence-corrected chi connectivity index (χ4v) is 2.67. The van der Waals surface area contributed by atoms with E-state index in [9.17, 15) is 9.59 Å². The second-order valence-electron chi connectivity index (χ2n) is 5.50. The first-order valence-corrected chi connectivity index (χ1v) is 8.20. The molecule has 3 rings (SSSR count). The van der Waals surface area contributed by atoms with Crippen LogP contribution in [0.15, 0.2) is 65.7 Å². The van der Waals surface area contributed by atoms with Crippen molar-refractivity contribution in [3.63, 3.8) is 0 Å². The number of hydrogen-bond donors (Lipinski definition) is 1. The van der Waals surface area contributed by atoms with Crippen molar-refractivity contribution in [1.82, 2.24) is 9.55 Å². The summed E-state index contributed by atoms with van der Waals surface area (Å²) in [7, 11) is 1.51. The van der Waals surface area contributed by atoms with Gasteiger partial charge in [0.1, 0.15) is 12.3 Å². The highest BCUT2D eigenvalue weighted by atomic mass is 35.5. The summed E-state index contributed by atoms with van der Waals surface area (Å²) in [6.45, 7) is -0.148. The fourth-order valence-electron chi connectivity index (χ4n) is 2.41. The lowest BCUT2D eigenvalue weighted by molar-refractivity contribution is -0.116. The number of rotatable bonds is 5. The van der Waals surface area contributed by atoms with Gasteiger partial charge >= 0.3 is 0 Å². The predicted molar refractivity (Wildman–Crippen MR) is 101 cm³/mol. The van der Waals surface area contributed by atoms with Crippen LogP contribution in [0.2, 0.25) is 5.02 Å². The molecule has 1 N–H and O–H groups in total. The number of anilines is 1. The minimum atomic E-state index is -0.359. The Morgan fingerprint density at radius 1 is 1.19 bits per heavy atom. The van der Waals surface area contributed by atoms with Crippen LogP contribution in [0.3, 0.4) is 0 Å². The van der Waals surface area contributed by atoms with E-state index < -0.39 is 0 Å². The van der Waals surface area contributed by atoms with Gasteiger partial charge in [0, 0.05) is 17.3 Å². The number of carbonyl (C=O) groups is 1. The molecule has 0 aliphatic carbocycles. The maximum absolute atomic E-state index is 12.2. The van der Waals surface area contributed by atoms with Gasteiger partial charge in [-0.3, -0.25) is 14.2 Å². The summed E-state index contributed by atoms with van der Waals surface area (Å²) in [6.07, 6.45) is 1.37. The Hall–Kier alpha value is -3.12. The second kappa shape index (κ2) is 7.84. The smallest absolute Gasteiger partial charge is 0.254 e. The van der Waals surface area contributed by atoms with Crippen molar-refractivity contribution in [2.45, 2.75) is 6.54 Å². The summed E-state index contributed by atoms with van der Waals surface area (Å²) in [5, 5.41) is 3.08. The standard InChI is InChI=1S/C19H16ClN3O3/c1-26-17-8-7-14(9-15(17)20)22-18(24)11-23-12-21-16(10-19(23)25)13-5-3-2-4-6-13/h2-10,12H,11H2,1H3,(H,22,24). The molecule has 7 heteroatoms. The van der Waals surface area contributed by atoms with Crippen LogP contribution in [-0.2, 0) is 11.3 Å². The highest BCUT2D eigenvalue weighted by Crippen LogP contribution is 2.27. The van der Waals surface area contributed by atoms with Crippen molar-refractivity contribution in [1.29, 1.82) is 0 Å².